The maximum absolute atomic E-state index is 12.2. The summed E-state index contributed by atoms with van der Waals surface area (Å²) in [4.78, 5) is 23.1. The number of hydrogen-bond acceptors (Lipinski definition) is 2. The molecule has 1 amide bonds. The predicted octanol–water partition coefficient (Wildman–Crippen LogP) is 2.82. The monoisotopic (exact) mass is 269 g/mol. The lowest BCUT2D eigenvalue weighted by atomic mass is 9.85. The highest BCUT2D eigenvalue weighted by Crippen LogP contribution is 2.25. The van der Waals surface area contributed by atoms with Gasteiger partial charge in [-0.15, -0.1) is 0 Å². The zero-order valence-corrected chi connectivity index (χ0v) is 12.3. The Bertz CT molecular complexity index is 307. The Morgan fingerprint density at radius 3 is 2.21 bits per heavy atom. The second-order valence-corrected chi connectivity index (χ2v) is 6.03. The van der Waals surface area contributed by atoms with Crippen LogP contribution in [-0.4, -0.2) is 23.0 Å². The van der Waals surface area contributed by atoms with Crippen LogP contribution in [0.4, 0.5) is 0 Å². The average Bonchev–Trinajstić information content (AvgIpc) is 2.36. The molecule has 1 saturated carbocycles. The van der Waals surface area contributed by atoms with Crippen molar-refractivity contribution in [3.63, 3.8) is 0 Å². The molecule has 110 valence electrons. The summed E-state index contributed by atoms with van der Waals surface area (Å²) in [5.41, 5.74) is 0. The highest BCUT2D eigenvalue weighted by Gasteiger charge is 2.29. The van der Waals surface area contributed by atoms with E-state index in [4.69, 9.17) is 5.11 Å². The molecular weight excluding hydrogens is 242 g/mol. The lowest BCUT2D eigenvalue weighted by Crippen LogP contribution is -2.42. The van der Waals surface area contributed by atoms with Crippen molar-refractivity contribution < 1.29 is 14.7 Å². The van der Waals surface area contributed by atoms with Gasteiger partial charge in [0.15, 0.2) is 0 Å². The smallest absolute Gasteiger partial charge is 0.306 e. The summed E-state index contributed by atoms with van der Waals surface area (Å²) in [6, 6.07) is 0.168. The number of nitrogens with one attached hydrogen (secondary N) is 1. The summed E-state index contributed by atoms with van der Waals surface area (Å²) in [6.45, 7) is 6.27. The number of carbonyl (C=O) groups excluding carboxylic acids is 1. The molecule has 1 unspecified atom stereocenters. The molecule has 0 bridgehead atoms. The molecule has 0 radical (unpaired) electrons. The van der Waals surface area contributed by atoms with E-state index in [0.29, 0.717) is 18.8 Å². The number of hydrogen-bond donors (Lipinski definition) is 2. The van der Waals surface area contributed by atoms with Gasteiger partial charge in [-0.25, -0.2) is 0 Å². The second kappa shape index (κ2) is 7.51. The van der Waals surface area contributed by atoms with Crippen LogP contribution in [0.25, 0.3) is 0 Å². The van der Waals surface area contributed by atoms with Gasteiger partial charge in [0.25, 0.3) is 0 Å². The molecule has 1 fully saturated rings. The molecule has 19 heavy (non-hydrogen) atoms. The lowest BCUT2D eigenvalue weighted by molar-refractivity contribution is -0.142. The molecule has 0 spiro atoms. The molecule has 1 aliphatic carbocycles. The van der Waals surface area contributed by atoms with E-state index in [1.54, 1.807) is 0 Å². The van der Waals surface area contributed by atoms with E-state index < -0.39 is 5.97 Å². The van der Waals surface area contributed by atoms with Crippen molar-refractivity contribution in [2.24, 2.45) is 17.8 Å². The van der Waals surface area contributed by atoms with Crippen molar-refractivity contribution in [3.8, 4) is 0 Å². The fraction of sp³-hybridized carbons (Fsp3) is 0.867. The summed E-state index contributed by atoms with van der Waals surface area (Å²) < 4.78 is 0. The second-order valence-electron chi connectivity index (χ2n) is 6.03. The van der Waals surface area contributed by atoms with Crippen LogP contribution in [0, 0.1) is 17.8 Å². The van der Waals surface area contributed by atoms with Gasteiger partial charge in [-0.2, -0.15) is 0 Å². The number of rotatable bonds is 6. The Morgan fingerprint density at radius 2 is 1.79 bits per heavy atom. The molecule has 1 atom stereocenters. The first-order chi connectivity index (χ1) is 8.95. The van der Waals surface area contributed by atoms with Gasteiger partial charge in [0, 0.05) is 12.0 Å². The highest BCUT2D eigenvalue weighted by atomic mass is 16.4. The molecule has 0 aromatic heterocycles. The topological polar surface area (TPSA) is 66.4 Å². The van der Waals surface area contributed by atoms with Gasteiger partial charge in [-0.05, 0) is 38.0 Å². The van der Waals surface area contributed by atoms with Crippen LogP contribution in [0.1, 0.15) is 59.3 Å². The van der Waals surface area contributed by atoms with Crippen LogP contribution in [0.2, 0.25) is 0 Å². The van der Waals surface area contributed by atoms with E-state index in [2.05, 4.69) is 26.1 Å². The van der Waals surface area contributed by atoms with Crippen molar-refractivity contribution in [3.05, 3.63) is 0 Å². The van der Waals surface area contributed by atoms with E-state index in [-0.39, 0.29) is 23.8 Å². The van der Waals surface area contributed by atoms with Gasteiger partial charge >= 0.3 is 5.97 Å². The predicted molar refractivity (Wildman–Crippen MR) is 74.8 cm³/mol. The fourth-order valence-electron chi connectivity index (χ4n) is 2.87. The van der Waals surface area contributed by atoms with Crippen molar-refractivity contribution in [1.82, 2.24) is 5.32 Å². The van der Waals surface area contributed by atoms with Crippen LogP contribution in [-0.2, 0) is 9.59 Å². The number of amides is 1. The first-order valence-electron chi connectivity index (χ1n) is 7.48. The van der Waals surface area contributed by atoms with Gasteiger partial charge < -0.3 is 10.4 Å². The highest BCUT2D eigenvalue weighted by molar-refractivity contribution is 5.79. The fourth-order valence-corrected chi connectivity index (χ4v) is 2.87. The average molecular weight is 269 g/mol. The number of carboxylic acid groups (broad SMARTS) is 1. The minimum absolute atomic E-state index is 0.0854. The van der Waals surface area contributed by atoms with Crippen molar-refractivity contribution in [1.29, 1.82) is 0 Å². The standard InChI is InChI=1S/C15H27NO3/c1-4-5-13(10(2)3)14(17)16-12-8-6-11(7-9-12)15(18)19/h10-13H,4-9H2,1-3H3,(H,16,17)(H,18,19). The maximum Gasteiger partial charge on any atom is 0.306 e. The van der Waals surface area contributed by atoms with Gasteiger partial charge in [-0.3, -0.25) is 9.59 Å². The number of carbonyl (C=O) groups is 2. The number of aliphatic carboxylic acids is 1. The minimum atomic E-state index is -0.698. The molecule has 1 rings (SSSR count). The van der Waals surface area contributed by atoms with Crippen LogP contribution in [0.3, 0.4) is 0 Å². The van der Waals surface area contributed by atoms with Crippen LogP contribution >= 0.6 is 0 Å². The van der Waals surface area contributed by atoms with Gasteiger partial charge in [0.2, 0.25) is 5.91 Å². The summed E-state index contributed by atoms with van der Waals surface area (Å²) in [5.74, 6) is -0.325. The van der Waals surface area contributed by atoms with Crippen LogP contribution in [0.15, 0.2) is 0 Å². The molecule has 4 heteroatoms. The van der Waals surface area contributed by atoms with E-state index >= 15 is 0 Å². The summed E-state index contributed by atoms with van der Waals surface area (Å²) in [7, 11) is 0. The minimum Gasteiger partial charge on any atom is -0.481 e. The van der Waals surface area contributed by atoms with Gasteiger partial charge in [0.05, 0.1) is 5.92 Å². The summed E-state index contributed by atoms with van der Waals surface area (Å²) in [6.07, 6.45) is 4.89. The molecule has 0 aromatic carbocycles. The Morgan fingerprint density at radius 1 is 1.21 bits per heavy atom. The van der Waals surface area contributed by atoms with Gasteiger partial charge in [-0.1, -0.05) is 27.2 Å². The summed E-state index contributed by atoms with van der Waals surface area (Å²) >= 11 is 0. The molecule has 1 aliphatic rings. The third kappa shape index (κ3) is 4.84. The lowest BCUT2D eigenvalue weighted by Gasteiger charge is -2.29. The zero-order valence-electron chi connectivity index (χ0n) is 12.3. The molecule has 2 N–H and O–H groups in total. The van der Waals surface area contributed by atoms with Crippen LogP contribution in [0.5, 0.6) is 0 Å². The molecular formula is C15H27NO3. The molecule has 4 nitrogen and oxygen atoms in total. The Balaban J connectivity index is 2.43. The van der Waals surface area contributed by atoms with Crippen molar-refractivity contribution in [2.45, 2.75) is 65.3 Å². The Labute approximate surface area is 116 Å². The molecule has 0 saturated heterocycles. The quantitative estimate of drug-likeness (QED) is 0.779. The summed E-state index contributed by atoms with van der Waals surface area (Å²) in [5, 5.41) is 12.1. The van der Waals surface area contributed by atoms with Crippen molar-refractivity contribution >= 4 is 11.9 Å². The van der Waals surface area contributed by atoms with E-state index in [9.17, 15) is 9.59 Å². The molecule has 0 heterocycles. The SMILES string of the molecule is CCCC(C(=O)NC1CCC(C(=O)O)CC1)C(C)C. The molecule has 0 aromatic rings. The Hall–Kier alpha value is -1.06. The first-order valence-corrected chi connectivity index (χ1v) is 7.48. The maximum atomic E-state index is 12.2. The van der Waals surface area contributed by atoms with Gasteiger partial charge in [0.1, 0.15) is 0 Å². The normalized spacial score (nSPS) is 25.1. The Kier molecular flexibility index (Phi) is 6.32. The largest absolute Gasteiger partial charge is 0.481 e. The van der Waals surface area contributed by atoms with E-state index in [1.807, 2.05) is 0 Å². The van der Waals surface area contributed by atoms with Crippen LogP contribution < -0.4 is 5.32 Å². The zero-order chi connectivity index (χ0) is 14.4. The molecule has 0 aliphatic heterocycles. The van der Waals surface area contributed by atoms with E-state index in [0.717, 1.165) is 25.7 Å². The van der Waals surface area contributed by atoms with Crippen molar-refractivity contribution in [2.75, 3.05) is 0 Å². The van der Waals surface area contributed by atoms with E-state index in [1.165, 1.54) is 0 Å². The third-order valence-electron chi connectivity index (χ3n) is 4.16. The first kappa shape index (κ1) is 16.0. The third-order valence-corrected chi connectivity index (χ3v) is 4.16. The number of carboxylic acids is 1.